The number of nitrogen functional groups attached to an aromatic ring is 1. The van der Waals surface area contributed by atoms with Gasteiger partial charge in [0.05, 0.1) is 13.0 Å². The van der Waals surface area contributed by atoms with Crippen molar-refractivity contribution in [2.75, 3.05) is 12.8 Å². The van der Waals surface area contributed by atoms with Gasteiger partial charge in [0.15, 0.2) is 0 Å². The van der Waals surface area contributed by atoms with Crippen LogP contribution in [0, 0.1) is 0 Å². The van der Waals surface area contributed by atoms with Crippen LogP contribution < -0.4 is 5.73 Å². The molecule has 0 radical (unpaired) electrons. The number of nitrogens with one attached hydrogen (secondary N) is 1. The molecular weight excluding hydrogens is 216 g/mol. The second kappa shape index (κ2) is 3.52. The minimum atomic E-state index is -0.160. The molecule has 1 heterocycles. The number of rotatable bonds is 1. The standard InChI is InChI=1S/C13H14N2O2/c1-17-13(16)8-3-5-11-12(8)9-6-7(14)2-4-10(9)15-11/h2,4,6,8,15H,3,5,14H2,1H3/t8-/m1/s1. The Balaban J connectivity index is 2.21. The molecular formula is C13H14N2O2. The van der Waals surface area contributed by atoms with Gasteiger partial charge >= 0.3 is 5.97 Å². The lowest BCUT2D eigenvalue weighted by atomic mass is 10.00. The van der Waals surface area contributed by atoms with Gasteiger partial charge in [-0.25, -0.2) is 0 Å². The number of ether oxygens (including phenoxy) is 1. The first kappa shape index (κ1) is 10.2. The molecule has 0 bridgehead atoms. The summed E-state index contributed by atoms with van der Waals surface area (Å²) in [5.41, 5.74) is 9.77. The van der Waals surface area contributed by atoms with Crippen LogP contribution in [0.2, 0.25) is 0 Å². The molecule has 88 valence electrons. The van der Waals surface area contributed by atoms with Crippen LogP contribution in [0.5, 0.6) is 0 Å². The summed E-state index contributed by atoms with van der Waals surface area (Å²) >= 11 is 0. The number of H-pyrrole nitrogens is 1. The molecule has 0 fully saturated rings. The second-order valence-electron chi connectivity index (χ2n) is 4.44. The fourth-order valence-corrected chi connectivity index (χ4v) is 2.69. The molecule has 0 aliphatic heterocycles. The number of aryl methyl sites for hydroxylation is 1. The predicted molar refractivity (Wildman–Crippen MR) is 65.8 cm³/mol. The number of esters is 1. The van der Waals surface area contributed by atoms with Crippen LogP contribution >= 0.6 is 0 Å². The van der Waals surface area contributed by atoms with Gasteiger partial charge in [0.1, 0.15) is 0 Å². The highest BCUT2D eigenvalue weighted by Crippen LogP contribution is 2.39. The first-order valence-corrected chi connectivity index (χ1v) is 5.68. The molecule has 0 amide bonds. The van der Waals surface area contributed by atoms with Gasteiger partial charge in [-0.2, -0.15) is 0 Å². The second-order valence-corrected chi connectivity index (χ2v) is 4.44. The summed E-state index contributed by atoms with van der Waals surface area (Å²) in [4.78, 5) is 15.1. The van der Waals surface area contributed by atoms with E-state index in [1.54, 1.807) is 0 Å². The molecule has 3 N–H and O–H groups in total. The highest BCUT2D eigenvalue weighted by atomic mass is 16.5. The van der Waals surface area contributed by atoms with E-state index in [0.29, 0.717) is 0 Å². The Morgan fingerprint density at radius 2 is 2.35 bits per heavy atom. The fraction of sp³-hybridized carbons (Fsp3) is 0.308. The molecule has 4 nitrogen and oxygen atoms in total. The van der Waals surface area contributed by atoms with Crippen molar-refractivity contribution in [1.82, 2.24) is 4.98 Å². The lowest BCUT2D eigenvalue weighted by Gasteiger charge is -2.08. The maximum atomic E-state index is 11.7. The predicted octanol–water partition coefficient (Wildman–Crippen LogP) is 1.95. The van der Waals surface area contributed by atoms with E-state index in [2.05, 4.69) is 4.98 Å². The smallest absolute Gasteiger partial charge is 0.313 e. The molecule has 0 saturated heterocycles. The lowest BCUT2D eigenvalue weighted by Crippen LogP contribution is -2.11. The van der Waals surface area contributed by atoms with Crippen molar-refractivity contribution in [2.45, 2.75) is 18.8 Å². The van der Waals surface area contributed by atoms with E-state index < -0.39 is 0 Å². The zero-order chi connectivity index (χ0) is 12.0. The van der Waals surface area contributed by atoms with Gasteiger partial charge in [0.25, 0.3) is 0 Å². The summed E-state index contributed by atoms with van der Waals surface area (Å²) in [7, 11) is 1.43. The van der Waals surface area contributed by atoms with Crippen LogP contribution in [-0.2, 0) is 16.0 Å². The van der Waals surface area contributed by atoms with E-state index in [9.17, 15) is 4.79 Å². The highest BCUT2D eigenvalue weighted by Gasteiger charge is 2.32. The monoisotopic (exact) mass is 230 g/mol. The Morgan fingerprint density at radius 3 is 3.12 bits per heavy atom. The van der Waals surface area contributed by atoms with Crippen LogP contribution in [0.3, 0.4) is 0 Å². The van der Waals surface area contributed by atoms with Gasteiger partial charge in [-0.05, 0) is 36.6 Å². The van der Waals surface area contributed by atoms with Gasteiger partial charge in [0.2, 0.25) is 0 Å². The van der Waals surface area contributed by atoms with Crippen molar-refractivity contribution in [3.05, 3.63) is 29.5 Å². The molecule has 1 aliphatic rings. The van der Waals surface area contributed by atoms with Crippen molar-refractivity contribution >= 4 is 22.6 Å². The molecule has 17 heavy (non-hydrogen) atoms. The Kier molecular flexibility index (Phi) is 2.11. The summed E-state index contributed by atoms with van der Waals surface area (Å²) in [6.07, 6.45) is 1.71. The van der Waals surface area contributed by atoms with E-state index in [4.69, 9.17) is 10.5 Å². The lowest BCUT2D eigenvalue weighted by molar-refractivity contribution is -0.142. The van der Waals surface area contributed by atoms with Crippen LogP contribution in [0.25, 0.3) is 10.9 Å². The van der Waals surface area contributed by atoms with Gasteiger partial charge < -0.3 is 15.5 Å². The summed E-state index contributed by atoms with van der Waals surface area (Å²) < 4.78 is 4.86. The Labute approximate surface area is 98.8 Å². The Bertz CT molecular complexity index is 601. The molecule has 0 unspecified atom stereocenters. The summed E-state index contributed by atoms with van der Waals surface area (Å²) in [5, 5.41) is 1.05. The SMILES string of the molecule is COC(=O)[C@@H]1CCc2[nH]c3ccc(N)cc3c21. The van der Waals surface area contributed by atoms with Crippen LogP contribution in [0.1, 0.15) is 23.6 Å². The quantitative estimate of drug-likeness (QED) is 0.581. The third kappa shape index (κ3) is 1.40. The number of aromatic nitrogens is 1. The maximum absolute atomic E-state index is 11.7. The van der Waals surface area contributed by atoms with Crippen LogP contribution in [0.15, 0.2) is 18.2 Å². The number of hydrogen-bond donors (Lipinski definition) is 2. The first-order valence-electron chi connectivity index (χ1n) is 5.68. The molecule has 3 rings (SSSR count). The van der Waals surface area contributed by atoms with Crippen molar-refractivity contribution < 1.29 is 9.53 Å². The average molecular weight is 230 g/mol. The fourth-order valence-electron chi connectivity index (χ4n) is 2.69. The molecule has 0 spiro atoms. The number of nitrogens with two attached hydrogens (primary N) is 1. The normalized spacial score (nSPS) is 18.3. The van der Waals surface area contributed by atoms with E-state index >= 15 is 0 Å². The number of methoxy groups -OCH3 is 1. The van der Waals surface area contributed by atoms with Crippen molar-refractivity contribution in [1.29, 1.82) is 0 Å². The van der Waals surface area contributed by atoms with Crippen LogP contribution in [0.4, 0.5) is 5.69 Å². The zero-order valence-electron chi connectivity index (χ0n) is 9.62. The van der Waals surface area contributed by atoms with Gasteiger partial charge in [-0.3, -0.25) is 4.79 Å². The van der Waals surface area contributed by atoms with Gasteiger partial charge in [-0.1, -0.05) is 0 Å². The van der Waals surface area contributed by atoms with Crippen molar-refractivity contribution in [2.24, 2.45) is 0 Å². The number of carbonyl (C=O) groups is 1. The largest absolute Gasteiger partial charge is 0.469 e. The minimum Gasteiger partial charge on any atom is -0.469 e. The molecule has 1 atom stereocenters. The maximum Gasteiger partial charge on any atom is 0.313 e. The van der Waals surface area contributed by atoms with Crippen molar-refractivity contribution in [3.8, 4) is 0 Å². The van der Waals surface area contributed by atoms with Crippen LogP contribution in [-0.4, -0.2) is 18.1 Å². The number of aromatic amines is 1. The average Bonchev–Trinajstić information content (AvgIpc) is 2.87. The molecule has 1 aliphatic carbocycles. The summed E-state index contributed by atoms with van der Waals surface area (Å²) in [5.74, 6) is -0.308. The third-order valence-electron chi connectivity index (χ3n) is 3.46. The van der Waals surface area contributed by atoms with Gasteiger partial charge in [-0.15, -0.1) is 0 Å². The number of hydrogen-bond acceptors (Lipinski definition) is 3. The minimum absolute atomic E-state index is 0.148. The van der Waals surface area contributed by atoms with E-state index in [0.717, 1.165) is 40.7 Å². The topological polar surface area (TPSA) is 68.1 Å². The number of fused-ring (bicyclic) bond motifs is 3. The van der Waals surface area contributed by atoms with E-state index in [-0.39, 0.29) is 11.9 Å². The zero-order valence-corrected chi connectivity index (χ0v) is 9.62. The molecule has 1 aromatic carbocycles. The Hall–Kier alpha value is -1.97. The van der Waals surface area contributed by atoms with E-state index in [1.807, 2.05) is 18.2 Å². The summed E-state index contributed by atoms with van der Waals surface area (Å²) in [6.45, 7) is 0. The highest BCUT2D eigenvalue weighted by molar-refractivity contribution is 5.93. The first-order chi connectivity index (χ1) is 8.20. The van der Waals surface area contributed by atoms with Gasteiger partial charge in [0, 0.05) is 22.3 Å². The number of anilines is 1. The molecule has 0 saturated carbocycles. The Morgan fingerprint density at radius 1 is 1.53 bits per heavy atom. The van der Waals surface area contributed by atoms with E-state index in [1.165, 1.54) is 7.11 Å². The third-order valence-corrected chi connectivity index (χ3v) is 3.46. The summed E-state index contributed by atoms with van der Waals surface area (Å²) in [6, 6.07) is 5.74. The number of carbonyl (C=O) groups excluding carboxylic acids is 1. The molecule has 4 heteroatoms. The molecule has 1 aromatic heterocycles. The number of benzene rings is 1. The molecule has 2 aromatic rings. The van der Waals surface area contributed by atoms with Crippen molar-refractivity contribution in [3.63, 3.8) is 0 Å².